The number of hydrazone groups is 1. The van der Waals surface area contributed by atoms with Crippen molar-refractivity contribution in [2.24, 2.45) is 5.10 Å². The Bertz CT molecular complexity index is 728. The molecule has 0 fully saturated rings. The number of nitrogen functional groups attached to an aromatic ring is 1. The number of carbonyl (C=O) groups is 1. The first-order valence-electron chi connectivity index (χ1n) is 8.48. The topological polar surface area (TPSA) is 76.7 Å². The van der Waals surface area contributed by atoms with E-state index >= 15 is 0 Å². The molecule has 3 N–H and O–H groups in total. The summed E-state index contributed by atoms with van der Waals surface area (Å²) in [5.41, 5.74) is 11.2. The van der Waals surface area contributed by atoms with E-state index in [9.17, 15) is 4.79 Å². The molecule has 2 rings (SSSR count). The highest BCUT2D eigenvalue weighted by atomic mass is 32.1. The Morgan fingerprint density at radius 1 is 1.20 bits per heavy atom. The van der Waals surface area contributed by atoms with Gasteiger partial charge in [-0.1, -0.05) is 26.7 Å². The molecule has 134 valence electrons. The van der Waals surface area contributed by atoms with Gasteiger partial charge in [-0.25, -0.2) is 5.43 Å². The monoisotopic (exact) mass is 359 g/mol. The molecule has 1 heterocycles. The Balaban J connectivity index is 2.15. The highest BCUT2D eigenvalue weighted by Crippen LogP contribution is 2.33. The molecule has 0 atom stereocenters. The lowest BCUT2D eigenvalue weighted by Crippen LogP contribution is -2.19. The van der Waals surface area contributed by atoms with Gasteiger partial charge in [0, 0.05) is 10.6 Å². The van der Waals surface area contributed by atoms with E-state index in [1.807, 2.05) is 30.3 Å². The standard InChI is InChI=1S/C19H25N3O2S/c1-4-6-14(7-5-2)21-22-19(23)18-16(20)12-17(25-18)13-8-10-15(24-3)11-9-13/h8-12H,4-7,20H2,1-3H3,(H,22,23). The second kappa shape index (κ2) is 9.22. The SMILES string of the molecule is CCCC(CCC)=NNC(=O)c1sc(-c2ccc(OC)cc2)cc1N. The minimum atomic E-state index is -0.257. The van der Waals surface area contributed by atoms with Crippen LogP contribution < -0.4 is 15.9 Å². The van der Waals surface area contributed by atoms with Gasteiger partial charge in [0.1, 0.15) is 10.6 Å². The molecule has 0 saturated heterocycles. The van der Waals surface area contributed by atoms with Crippen molar-refractivity contribution in [3.05, 3.63) is 35.2 Å². The molecule has 1 amide bonds. The van der Waals surface area contributed by atoms with Crippen molar-refractivity contribution >= 4 is 28.6 Å². The number of nitrogens with two attached hydrogens (primary N) is 1. The molecule has 5 nitrogen and oxygen atoms in total. The van der Waals surface area contributed by atoms with Crippen LogP contribution in [0.25, 0.3) is 10.4 Å². The molecule has 1 aromatic heterocycles. The summed E-state index contributed by atoms with van der Waals surface area (Å²) in [7, 11) is 1.63. The molecule has 0 bridgehead atoms. The van der Waals surface area contributed by atoms with E-state index in [-0.39, 0.29) is 5.91 Å². The number of hydrogen-bond acceptors (Lipinski definition) is 5. The number of rotatable bonds is 8. The summed E-state index contributed by atoms with van der Waals surface area (Å²) in [6, 6.07) is 9.49. The summed E-state index contributed by atoms with van der Waals surface area (Å²) in [6.07, 6.45) is 3.81. The molecule has 0 unspecified atom stereocenters. The van der Waals surface area contributed by atoms with Crippen LogP contribution in [-0.4, -0.2) is 18.7 Å². The molecule has 0 saturated carbocycles. The van der Waals surface area contributed by atoms with Crippen molar-refractivity contribution in [2.45, 2.75) is 39.5 Å². The van der Waals surface area contributed by atoms with Gasteiger partial charge < -0.3 is 10.5 Å². The predicted octanol–water partition coefficient (Wildman–Crippen LogP) is 4.69. The van der Waals surface area contributed by atoms with Crippen LogP contribution in [-0.2, 0) is 0 Å². The average molecular weight is 359 g/mol. The molecule has 6 heteroatoms. The number of methoxy groups -OCH3 is 1. The van der Waals surface area contributed by atoms with Crippen molar-refractivity contribution < 1.29 is 9.53 Å². The summed E-state index contributed by atoms with van der Waals surface area (Å²) in [4.78, 5) is 13.8. The summed E-state index contributed by atoms with van der Waals surface area (Å²) in [6.45, 7) is 4.21. The Labute approximate surface area is 152 Å². The molecule has 1 aromatic carbocycles. The van der Waals surface area contributed by atoms with Crippen molar-refractivity contribution in [2.75, 3.05) is 12.8 Å². The summed E-state index contributed by atoms with van der Waals surface area (Å²) < 4.78 is 5.17. The number of thiophene rings is 1. The zero-order valence-electron chi connectivity index (χ0n) is 15.0. The summed E-state index contributed by atoms with van der Waals surface area (Å²) >= 11 is 1.37. The van der Waals surface area contributed by atoms with Crippen molar-refractivity contribution in [3.8, 4) is 16.2 Å². The first-order chi connectivity index (χ1) is 12.1. The molecule has 0 aliphatic carbocycles. The van der Waals surface area contributed by atoms with Crippen molar-refractivity contribution in [3.63, 3.8) is 0 Å². The highest BCUT2D eigenvalue weighted by molar-refractivity contribution is 7.18. The van der Waals surface area contributed by atoms with Crippen LogP contribution >= 0.6 is 11.3 Å². The molecular formula is C19H25N3O2S. The van der Waals surface area contributed by atoms with Gasteiger partial charge in [0.05, 0.1) is 12.8 Å². The van der Waals surface area contributed by atoms with Crippen LogP contribution in [0.2, 0.25) is 0 Å². The number of carbonyl (C=O) groups excluding carboxylic acids is 1. The van der Waals surface area contributed by atoms with E-state index in [4.69, 9.17) is 10.5 Å². The lowest BCUT2D eigenvalue weighted by atomic mass is 10.1. The molecule has 0 aliphatic heterocycles. The largest absolute Gasteiger partial charge is 0.497 e. The van der Waals surface area contributed by atoms with Gasteiger partial charge in [0.2, 0.25) is 0 Å². The first-order valence-corrected chi connectivity index (χ1v) is 9.30. The van der Waals surface area contributed by atoms with Crippen molar-refractivity contribution in [1.29, 1.82) is 0 Å². The fourth-order valence-corrected chi connectivity index (χ4v) is 3.45. The number of amides is 1. The smallest absolute Gasteiger partial charge is 0.283 e. The van der Waals surface area contributed by atoms with Crippen LogP contribution in [0.1, 0.15) is 49.2 Å². The average Bonchev–Trinajstić information content (AvgIpc) is 3.01. The van der Waals surface area contributed by atoms with Gasteiger partial charge in [-0.15, -0.1) is 11.3 Å². The zero-order valence-corrected chi connectivity index (χ0v) is 15.8. The van der Waals surface area contributed by atoms with Gasteiger partial charge in [-0.2, -0.15) is 5.10 Å². The Kier molecular flexibility index (Phi) is 7.01. The Hall–Kier alpha value is -2.34. The van der Waals surface area contributed by atoms with Crippen LogP contribution in [0.5, 0.6) is 5.75 Å². The molecule has 25 heavy (non-hydrogen) atoms. The van der Waals surface area contributed by atoms with Gasteiger partial charge >= 0.3 is 0 Å². The minimum Gasteiger partial charge on any atom is -0.497 e. The van der Waals surface area contributed by atoms with E-state index in [2.05, 4.69) is 24.4 Å². The maximum absolute atomic E-state index is 12.4. The van der Waals surface area contributed by atoms with E-state index in [0.29, 0.717) is 10.6 Å². The number of anilines is 1. The number of nitrogens with zero attached hydrogens (tertiary/aromatic N) is 1. The van der Waals surface area contributed by atoms with E-state index in [1.165, 1.54) is 11.3 Å². The molecule has 2 aromatic rings. The Morgan fingerprint density at radius 3 is 2.40 bits per heavy atom. The fourth-order valence-electron chi connectivity index (χ4n) is 2.47. The molecule has 0 spiro atoms. The van der Waals surface area contributed by atoms with Crippen LogP contribution in [0.15, 0.2) is 35.4 Å². The minimum absolute atomic E-state index is 0.257. The van der Waals surface area contributed by atoms with Crippen LogP contribution in [0.4, 0.5) is 5.69 Å². The predicted molar refractivity (Wildman–Crippen MR) is 105 cm³/mol. The molecular weight excluding hydrogens is 334 g/mol. The Morgan fingerprint density at radius 2 is 1.84 bits per heavy atom. The van der Waals surface area contributed by atoms with E-state index in [1.54, 1.807) is 7.11 Å². The quantitative estimate of drug-likeness (QED) is 0.530. The third-order valence-corrected chi connectivity index (χ3v) is 4.93. The fraction of sp³-hybridized carbons (Fsp3) is 0.368. The maximum atomic E-state index is 12.4. The lowest BCUT2D eigenvalue weighted by molar-refractivity contribution is 0.0959. The number of ether oxygens (including phenoxy) is 1. The number of nitrogens with one attached hydrogen (secondary N) is 1. The molecule has 0 radical (unpaired) electrons. The van der Waals surface area contributed by atoms with Gasteiger partial charge in [0.25, 0.3) is 5.91 Å². The van der Waals surface area contributed by atoms with Crippen LogP contribution in [0.3, 0.4) is 0 Å². The van der Waals surface area contributed by atoms with Gasteiger partial charge in [-0.3, -0.25) is 4.79 Å². The van der Waals surface area contributed by atoms with E-state index in [0.717, 1.165) is 47.6 Å². The third-order valence-electron chi connectivity index (χ3n) is 3.73. The summed E-state index contributed by atoms with van der Waals surface area (Å²) in [5.74, 6) is 0.534. The summed E-state index contributed by atoms with van der Waals surface area (Å²) in [5, 5.41) is 4.28. The normalized spacial score (nSPS) is 10.4. The van der Waals surface area contributed by atoms with Crippen molar-refractivity contribution in [1.82, 2.24) is 5.43 Å². The zero-order chi connectivity index (χ0) is 18.2. The molecule has 0 aliphatic rings. The third kappa shape index (κ3) is 5.06. The number of hydrogen-bond donors (Lipinski definition) is 2. The highest BCUT2D eigenvalue weighted by Gasteiger charge is 2.15. The van der Waals surface area contributed by atoms with Gasteiger partial charge in [-0.05, 0) is 48.7 Å². The number of benzene rings is 1. The first kappa shape index (κ1) is 19.0. The maximum Gasteiger partial charge on any atom is 0.283 e. The van der Waals surface area contributed by atoms with Crippen LogP contribution in [0, 0.1) is 0 Å². The second-order valence-corrected chi connectivity index (χ2v) is 6.79. The second-order valence-electron chi connectivity index (χ2n) is 5.74. The van der Waals surface area contributed by atoms with E-state index < -0.39 is 0 Å². The lowest BCUT2D eigenvalue weighted by Gasteiger charge is -2.04. The van der Waals surface area contributed by atoms with Gasteiger partial charge in [0.15, 0.2) is 0 Å².